The Bertz CT molecular complexity index is 2250. The minimum atomic E-state index is -0.0114. The molecular weight excluding hydrogens is 645 g/mol. The van der Waals surface area contributed by atoms with Crippen LogP contribution in [-0.2, 0) is 6.42 Å². The molecule has 0 aromatic heterocycles. The highest BCUT2D eigenvalue weighted by Gasteiger charge is 2.35. The maximum Gasteiger partial charge on any atom is 0.0887 e. The Kier molecular flexibility index (Phi) is 11.1. The highest BCUT2D eigenvalue weighted by Crippen LogP contribution is 2.39. The van der Waals surface area contributed by atoms with Crippen molar-refractivity contribution in [2.75, 3.05) is 12.4 Å². The zero-order chi connectivity index (χ0) is 36.7. The Hall–Kier alpha value is -5.52. The first-order valence-corrected chi connectivity index (χ1v) is 19.0. The van der Waals surface area contributed by atoms with E-state index in [1.165, 1.54) is 38.6 Å². The van der Waals surface area contributed by atoms with Crippen molar-refractivity contribution < 1.29 is 0 Å². The SMILES string of the molecule is C=C(c1ccccc1/C=C\C)c1c(Nc2ccc(C3NC(c4ccccc4)NC(c4ccc5c(c4)CCC=C5)N3C)cc2)ccc2ccccc12.CC. The number of nitrogens with zero attached hydrogens (tertiary/aromatic N) is 1. The first-order chi connectivity index (χ1) is 26.1. The smallest absolute Gasteiger partial charge is 0.0887 e. The average Bonchev–Trinajstić information content (AvgIpc) is 3.22. The van der Waals surface area contributed by atoms with Gasteiger partial charge in [0.05, 0.1) is 18.5 Å². The van der Waals surface area contributed by atoms with Crippen LogP contribution >= 0.6 is 0 Å². The van der Waals surface area contributed by atoms with Crippen LogP contribution in [-0.4, -0.2) is 11.9 Å². The van der Waals surface area contributed by atoms with E-state index >= 15 is 0 Å². The Morgan fingerprint density at radius 3 is 2.25 bits per heavy atom. The van der Waals surface area contributed by atoms with E-state index in [1.54, 1.807) is 0 Å². The van der Waals surface area contributed by atoms with Crippen LogP contribution < -0.4 is 16.0 Å². The van der Waals surface area contributed by atoms with Gasteiger partial charge in [-0.15, -0.1) is 0 Å². The van der Waals surface area contributed by atoms with E-state index in [0.29, 0.717) is 0 Å². The summed E-state index contributed by atoms with van der Waals surface area (Å²) < 4.78 is 0. The van der Waals surface area contributed by atoms with Gasteiger partial charge in [-0.3, -0.25) is 15.5 Å². The first kappa shape index (κ1) is 35.9. The molecule has 0 amide bonds. The second-order valence-corrected chi connectivity index (χ2v) is 13.6. The predicted octanol–water partition coefficient (Wildman–Crippen LogP) is 12.2. The highest BCUT2D eigenvalue weighted by atomic mass is 15.4. The summed E-state index contributed by atoms with van der Waals surface area (Å²) in [7, 11) is 2.21. The van der Waals surface area contributed by atoms with Crippen molar-refractivity contribution in [3.8, 4) is 0 Å². The van der Waals surface area contributed by atoms with Gasteiger partial charge < -0.3 is 5.32 Å². The fourth-order valence-electron chi connectivity index (χ4n) is 7.71. The van der Waals surface area contributed by atoms with Crippen LogP contribution in [0, 0.1) is 0 Å². The zero-order valence-electron chi connectivity index (χ0n) is 31.3. The maximum absolute atomic E-state index is 4.67. The molecule has 0 radical (unpaired) electrons. The zero-order valence-corrected chi connectivity index (χ0v) is 31.3. The standard InChI is InChI=1S/C47H44N4.C2H6/c1-4-14-34-16-10-12-21-41(34)32(2)44-42-22-13-11-17-35(42)27-30-43(44)48-40-28-25-37(26-29-40)46-49-45(36-18-6-5-7-19-36)50-47(51(46)3)39-24-23-33-15-8-9-20-38(33)31-39;1-2/h4-8,10-19,21-31,45-50H,2,9,20H2,1,3H3;1-2H3/b14-4-;. The van der Waals surface area contributed by atoms with Gasteiger partial charge in [-0.2, -0.15) is 0 Å². The summed E-state index contributed by atoms with van der Waals surface area (Å²) in [5, 5.41) is 14.0. The molecule has 3 atom stereocenters. The molecule has 1 fully saturated rings. The van der Waals surface area contributed by atoms with E-state index in [1.807, 2.05) is 13.8 Å². The Morgan fingerprint density at radius 1 is 0.755 bits per heavy atom. The molecule has 0 spiro atoms. The molecule has 8 rings (SSSR count). The maximum atomic E-state index is 4.67. The number of allylic oxidation sites excluding steroid dienone is 2. The van der Waals surface area contributed by atoms with Gasteiger partial charge in [0.25, 0.3) is 0 Å². The normalized spacial score (nSPS) is 18.3. The largest absolute Gasteiger partial charge is 0.355 e. The number of anilines is 2. The summed E-state index contributed by atoms with van der Waals surface area (Å²) in [5.74, 6) is 0. The number of hydrogen-bond acceptors (Lipinski definition) is 4. The third-order valence-corrected chi connectivity index (χ3v) is 10.3. The second-order valence-electron chi connectivity index (χ2n) is 13.6. The summed E-state index contributed by atoms with van der Waals surface area (Å²) in [4.78, 5) is 2.41. The van der Waals surface area contributed by atoms with Crippen molar-refractivity contribution in [1.82, 2.24) is 15.5 Å². The van der Waals surface area contributed by atoms with Crippen LogP contribution in [0.25, 0.3) is 28.5 Å². The molecular formula is C49H50N4. The molecule has 3 N–H and O–H groups in total. The molecule has 2 aliphatic rings. The molecule has 4 heteroatoms. The second kappa shape index (κ2) is 16.4. The Morgan fingerprint density at radius 2 is 1.45 bits per heavy atom. The lowest BCUT2D eigenvalue weighted by Gasteiger charge is -2.46. The number of rotatable bonds is 8. The number of fused-ring (bicyclic) bond motifs is 2. The Balaban J connectivity index is 0.00000214. The molecule has 53 heavy (non-hydrogen) atoms. The Labute approximate surface area is 315 Å². The molecule has 0 saturated carbocycles. The van der Waals surface area contributed by atoms with Crippen LogP contribution in [0.15, 0.2) is 152 Å². The topological polar surface area (TPSA) is 39.3 Å². The fraction of sp³-hybridized carbons (Fsp3) is 0.184. The van der Waals surface area contributed by atoms with E-state index in [9.17, 15) is 0 Å². The molecule has 6 aromatic carbocycles. The van der Waals surface area contributed by atoms with Gasteiger partial charge in [0, 0.05) is 16.9 Å². The molecule has 4 nitrogen and oxygen atoms in total. The van der Waals surface area contributed by atoms with Gasteiger partial charge in [0.15, 0.2) is 0 Å². The highest BCUT2D eigenvalue weighted by molar-refractivity contribution is 6.03. The summed E-state index contributed by atoms with van der Waals surface area (Å²) in [6.07, 6.45) is 11.0. The van der Waals surface area contributed by atoms with E-state index in [-0.39, 0.29) is 18.5 Å². The molecule has 266 valence electrons. The number of hydrogen-bond donors (Lipinski definition) is 3. The quantitative estimate of drug-likeness (QED) is 0.148. The third-order valence-electron chi connectivity index (χ3n) is 10.3. The minimum absolute atomic E-state index is 0.00874. The third kappa shape index (κ3) is 7.53. The van der Waals surface area contributed by atoms with Crippen molar-refractivity contribution in [1.29, 1.82) is 0 Å². The van der Waals surface area contributed by atoms with Crippen molar-refractivity contribution >= 4 is 39.9 Å². The van der Waals surface area contributed by atoms with Gasteiger partial charge in [0.2, 0.25) is 0 Å². The molecule has 0 bridgehead atoms. The molecule has 3 unspecified atom stereocenters. The number of nitrogens with one attached hydrogen (secondary N) is 3. The van der Waals surface area contributed by atoms with Crippen LogP contribution in [0.1, 0.15) is 90.2 Å². The molecule has 1 aliphatic carbocycles. The van der Waals surface area contributed by atoms with Crippen LogP contribution in [0.5, 0.6) is 0 Å². The monoisotopic (exact) mass is 694 g/mol. The van der Waals surface area contributed by atoms with Crippen molar-refractivity contribution in [3.05, 3.63) is 197 Å². The van der Waals surface area contributed by atoms with Gasteiger partial charge >= 0.3 is 0 Å². The van der Waals surface area contributed by atoms with Crippen molar-refractivity contribution in [3.63, 3.8) is 0 Å². The van der Waals surface area contributed by atoms with Gasteiger partial charge in [-0.25, -0.2) is 0 Å². The lowest BCUT2D eigenvalue weighted by atomic mass is 9.90. The van der Waals surface area contributed by atoms with Gasteiger partial charge in [-0.05, 0) is 100 Å². The van der Waals surface area contributed by atoms with Gasteiger partial charge in [-0.1, -0.05) is 160 Å². The van der Waals surface area contributed by atoms with E-state index in [0.717, 1.165) is 46.5 Å². The van der Waals surface area contributed by atoms with Crippen molar-refractivity contribution in [2.45, 2.75) is 52.1 Å². The van der Waals surface area contributed by atoms with Crippen molar-refractivity contribution in [2.24, 2.45) is 0 Å². The predicted molar refractivity (Wildman–Crippen MR) is 227 cm³/mol. The summed E-state index contributed by atoms with van der Waals surface area (Å²) >= 11 is 0. The molecule has 6 aromatic rings. The van der Waals surface area contributed by atoms with E-state index < -0.39 is 0 Å². The average molecular weight is 695 g/mol. The summed E-state index contributed by atoms with van der Waals surface area (Å²) in [5.41, 5.74) is 12.9. The number of benzene rings is 6. The van der Waals surface area contributed by atoms with Crippen LogP contribution in [0.3, 0.4) is 0 Å². The van der Waals surface area contributed by atoms with Crippen LogP contribution in [0.4, 0.5) is 11.4 Å². The van der Waals surface area contributed by atoms with Gasteiger partial charge in [0.1, 0.15) is 0 Å². The minimum Gasteiger partial charge on any atom is -0.355 e. The lowest BCUT2D eigenvalue weighted by Crippen LogP contribution is -2.54. The molecule has 1 aliphatic heterocycles. The molecule has 1 heterocycles. The summed E-state index contributed by atoms with van der Waals surface area (Å²) in [6, 6.07) is 48.0. The van der Waals surface area contributed by atoms with Crippen LogP contribution in [0.2, 0.25) is 0 Å². The fourth-order valence-corrected chi connectivity index (χ4v) is 7.71. The summed E-state index contributed by atoms with van der Waals surface area (Å²) in [6.45, 7) is 10.7. The molecule has 1 saturated heterocycles. The van der Waals surface area contributed by atoms with E-state index in [2.05, 4.69) is 199 Å². The number of aryl methyl sites for hydroxylation is 1. The van der Waals surface area contributed by atoms with E-state index in [4.69, 9.17) is 0 Å². The first-order valence-electron chi connectivity index (χ1n) is 19.0. The lowest BCUT2D eigenvalue weighted by molar-refractivity contribution is 0.0415.